The van der Waals surface area contributed by atoms with Gasteiger partial charge in [-0.3, -0.25) is 4.68 Å². The van der Waals surface area contributed by atoms with Gasteiger partial charge in [0.1, 0.15) is 0 Å². The van der Waals surface area contributed by atoms with Crippen LogP contribution in [0.25, 0.3) is 0 Å². The molecule has 1 aromatic carbocycles. The van der Waals surface area contributed by atoms with E-state index < -0.39 is 0 Å². The van der Waals surface area contributed by atoms with Crippen LogP contribution in [0, 0.1) is 6.92 Å². The molecule has 0 saturated heterocycles. The van der Waals surface area contributed by atoms with Gasteiger partial charge in [-0.2, -0.15) is 5.10 Å². The van der Waals surface area contributed by atoms with Crippen LogP contribution in [-0.2, 0) is 18.9 Å². The summed E-state index contributed by atoms with van der Waals surface area (Å²) in [6.07, 6.45) is 0. The molecule has 2 rings (SSSR count). The predicted octanol–water partition coefficient (Wildman–Crippen LogP) is 3.65. The van der Waals surface area contributed by atoms with Crippen LogP contribution in [0.15, 0.2) is 29.2 Å². The summed E-state index contributed by atoms with van der Waals surface area (Å²) in [5.41, 5.74) is 2.88. The fraction of sp³-hybridized carbons (Fsp3) is 0.357. The Labute approximate surface area is 122 Å². The molecule has 19 heavy (non-hydrogen) atoms. The van der Waals surface area contributed by atoms with Crippen LogP contribution in [0.3, 0.4) is 0 Å². The molecule has 1 aromatic heterocycles. The number of benzene rings is 1. The van der Waals surface area contributed by atoms with Gasteiger partial charge in [0.05, 0.1) is 23.0 Å². The maximum atomic E-state index is 9.01. The zero-order valence-corrected chi connectivity index (χ0v) is 12.6. The van der Waals surface area contributed by atoms with E-state index in [1.54, 1.807) is 11.8 Å². The number of nitrogens with zero attached hydrogens (tertiary/aromatic N) is 2. The fourth-order valence-corrected chi connectivity index (χ4v) is 3.06. The van der Waals surface area contributed by atoms with Crippen molar-refractivity contribution in [3.63, 3.8) is 0 Å². The lowest BCUT2D eigenvalue weighted by Crippen LogP contribution is -2.01. The molecule has 1 heterocycles. The molecule has 0 bridgehead atoms. The molecule has 0 atom stereocenters. The number of aliphatic hydroxyl groups excluding tert-OH is 1. The molecule has 0 amide bonds. The molecule has 2 aromatic rings. The third-order valence-electron chi connectivity index (χ3n) is 2.93. The van der Waals surface area contributed by atoms with Crippen LogP contribution < -0.4 is 0 Å². The van der Waals surface area contributed by atoms with Crippen LogP contribution in [0.2, 0.25) is 5.02 Å². The third kappa shape index (κ3) is 3.32. The highest BCUT2D eigenvalue weighted by molar-refractivity contribution is 7.98. The normalized spacial score (nSPS) is 10.9. The summed E-state index contributed by atoms with van der Waals surface area (Å²) in [5.74, 6) is 0.798. The van der Waals surface area contributed by atoms with E-state index in [1.807, 2.05) is 35.9 Å². The molecule has 3 nitrogen and oxygen atoms in total. The Bertz CT molecular complexity index is 551. The number of aryl methyl sites for hydroxylation is 2. The molecule has 0 aliphatic rings. The van der Waals surface area contributed by atoms with Crippen molar-refractivity contribution in [3.8, 4) is 0 Å². The Morgan fingerprint density at radius 2 is 2.00 bits per heavy atom. The molecule has 0 fully saturated rings. The highest BCUT2D eigenvalue weighted by atomic mass is 35.5. The van der Waals surface area contributed by atoms with Gasteiger partial charge in [0.25, 0.3) is 0 Å². The smallest absolute Gasteiger partial charge is 0.0855 e. The third-order valence-corrected chi connectivity index (χ3v) is 4.45. The van der Waals surface area contributed by atoms with E-state index in [-0.39, 0.29) is 6.61 Å². The first-order valence-corrected chi connectivity index (χ1v) is 7.56. The molecule has 0 aliphatic heterocycles. The number of thioether (sulfide) groups is 1. The second-order valence-electron chi connectivity index (χ2n) is 4.25. The van der Waals surface area contributed by atoms with E-state index in [9.17, 15) is 0 Å². The lowest BCUT2D eigenvalue weighted by Gasteiger charge is -2.06. The van der Waals surface area contributed by atoms with Crippen LogP contribution >= 0.6 is 23.4 Å². The van der Waals surface area contributed by atoms with Crippen LogP contribution in [0.5, 0.6) is 0 Å². The maximum Gasteiger partial charge on any atom is 0.0855 e. The van der Waals surface area contributed by atoms with Gasteiger partial charge in [0, 0.05) is 17.2 Å². The Hall–Kier alpha value is -0.970. The molecule has 0 unspecified atom stereocenters. The largest absolute Gasteiger partial charge is 0.392 e. The summed E-state index contributed by atoms with van der Waals surface area (Å²) in [6.45, 7) is 4.90. The quantitative estimate of drug-likeness (QED) is 0.856. The lowest BCUT2D eigenvalue weighted by atomic mass is 10.2. The van der Waals surface area contributed by atoms with Crippen LogP contribution in [0.4, 0.5) is 0 Å². The van der Waals surface area contributed by atoms with Crippen molar-refractivity contribution < 1.29 is 5.11 Å². The first kappa shape index (κ1) is 14.4. The van der Waals surface area contributed by atoms with Crippen molar-refractivity contribution in [1.29, 1.82) is 0 Å². The van der Waals surface area contributed by atoms with Gasteiger partial charge in [-0.05, 0) is 31.5 Å². The van der Waals surface area contributed by atoms with E-state index in [1.165, 1.54) is 0 Å². The summed E-state index contributed by atoms with van der Waals surface area (Å²) in [4.78, 5) is 1.16. The number of aliphatic hydroxyl groups is 1. The SMILES string of the molecule is CCn1nc(C)c(Cl)c1CSc1ccc(CO)cc1. The molecule has 5 heteroatoms. The van der Waals surface area contributed by atoms with E-state index in [4.69, 9.17) is 16.7 Å². The maximum absolute atomic E-state index is 9.01. The Balaban J connectivity index is 2.09. The van der Waals surface area contributed by atoms with E-state index in [2.05, 4.69) is 12.0 Å². The fourth-order valence-electron chi connectivity index (χ4n) is 1.85. The second kappa shape index (κ2) is 6.46. The number of aromatic nitrogens is 2. The average Bonchev–Trinajstić information content (AvgIpc) is 2.72. The molecule has 102 valence electrons. The lowest BCUT2D eigenvalue weighted by molar-refractivity contribution is 0.282. The first-order chi connectivity index (χ1) is 9.15. The van der Waals surface area contributed by atoms with Gasteiger partial charge < -0.3 is 5.11 Å². The molecule has 0 radical (unpaired) electrons. The Morgan fingerprint density at radius 1 is 1.32 bits per heavy atom. The van der Waals surface area contributed by atoms with Crippen LogP contribution in [-0.4, -0.2) is 14.9 Å². The first-order valence-electron chi connectivity index (χ1n) is 6.20. The second-order valence-corrected chi connectivity index (χ2v) is 5.68. The minimum atomic E-state index is 0.0819. The Morgan fingerprint density at radius 3 is 2.58 bits per heavy atom. The minimum Gasteiger partial charge on any atom is -0.392 e. The summed E-state index contributed by atoms with van der Waals surface area (Å²) in [7, 11) is 0. The molecule has 1 N–H and O–H groups in total. The molecular weight excluding hydrogens is 280 g/mol. The van der Waals surface area contributed by atoms with Crippen molar-refractivity contribution in [2.24, 2.45) is 0 Å². The number of hydrogen-bond acceptors (Lipinski definition) is 3. The van der Waals surface area contributed by atoms with Crippen molar-refractivity contribution >= 4 is 23.4 Å². The van der Waals surface area contributed by atoms with Crippen molar-refractivity contribution in [3.05, 3.63) is 46.2 Å². The summed E-state index contributed by atoms with van der Waals surface area (Å²) >= 11 is 8.00. The summed E-state index contributed by atoms with van der Waals surface area (Å²) in [5, 5.41) is 14.2. The van der Waals surface area contributed by atoms with E-state index in [0.29, 0.717) is 0 Å². The Kier molecular flexibility index (Phi) is 4.91. The van der Waals surface area contributed by atoms with Gasteiger partial charge in [0.15, 0.2) is 0 Å². The number of rotatable bonds is 5. The zero-order chi connectivity index (χ0) is 13.8. The zero-order valence-electron chi connectivity index (χ0n) is 11.1. The summed E-state index contributed by atoms with van der Waals surface area (Å²) < 4.78 is 1.95. The number of halogens is 1. The van der Waals surface area contributed by atoms with Crippen LogP contribution in [0.1, 0.15) is 23.9 Å². The average molecular weight is 297 g/mol. The summed E-state index contributed by atoms with van der Waals surface area (Å²) in [6, 6.07) is 7.91. The van der Waals surface area contributed by atoms with Gasteiger partial charge in [0.2, 0.25) is 0 Å². The van der Waals surface area contributed by atoms with Crippen molar-refractivity contribution in [2.75, 3.05) is 0 Å². The standard InChI is InChI=1S/C14H17ClN2OS/c1-3-17-13(14(15)10(2)16-17)9-19-12-6-4-11(8-18)5-7-12/h4-7,18H,3,8-9H2,1-2H3. The van der Waals surface area contributed by atoms with Gasteiger partial charge in [-0.15, -0.1) is 11.8 Å². The monoisotopic (exact) mass is 296 g/mol. The highest BCUT2D eigenvalue weighted by Gasteiger charge is 2.12. The van der Waals surface area contributed by atoms with Crippen molar-refractivity contribution in [2.45, 2.75) is 37.6 Å². The molecule has 0 spiro atoms. The van der Waals surface area contributed by atoms with Gasteiger partial charge in [-0.1, -0.05) is 23.7 Å². The van der Waals surface area contributed by atoms with Crippen molar-refractivity contribution in [1.82, 2.24) is 9.78 Å². The molecular formula is C14H17ClN2OS. The topological polar surface area (TPSA) is 38.0 Å². The molecule has 0 aliphatic carbocycles. The number of hydrogen-bond donors (Lipinski definition) is 1. The minimum absolute atomic E-state index is 0.0819. The van der Waals surface area contributed by atoms with Gasteiger partial charge in [-0.25, -0.2) is 0 Å². The van der Waals surface area contributed by atoms with E-state index >= 15 is 0 Å². The predicted molar refractivity (Wildman–Crippen MR) is 79.6 cm³/mol. The van der Waals surface area contributed by atoms with Gasteiger partial charge >= 0.3 is 0 Å². The van der Waals surface area contributed by atoms with E-state index in [0.717, 1.165) is 39.2 Å². The molecule has 0 saturated carbocycles. The highest BCUT2D eigenvalue weighted by Crippen LogP contribution is 2.28.